The summed E-state index contributed by atoms with van der Waals surface area (Å²) in [4.78, 5) is 0. The van der Waals surface area contributed by atoms with Crippen molar-refractivity contribution in [3.8, 4) is 11.5 Å². The molecule has 0 heterocycles. The summed E-state index contributed by atoms with van der Waals surface area (Å²) in [7, 11) is 0. The van der Waals surface area contributed by atoms with Gasteiger partial charge >= 0.3 is 0 Å². The Morgan fingerprint density at radius 3 is 1.09 bits per heavy atom. The third kappa shape index (κ3) is 5.00. The molecule has 1 aliphatic carbocycles. The Morgan fingerprint density at radius 2 is 0.844 bits per heavy atom. The highest BCUT2D eigenvalue weighted by atomic mass is 16.3. The van der Waals surface area contributed by atoms with Crippen LogP contribution in [0.25, 0.3) is 0 Å². The van der Waals surface area contributed by atoms with Gasteiger partial charge in [-0.15, -0.1) is 0 Å². The summed E-state index contributed by atoms with van der Waals surface area (Å²) < 4.78 is 0. The van der Waals surface area contributed by atoms with Gasteiger partial charge in [0.15, 0.2) is 0 Å². The van der Waals surface area contributed by atoms with Crippen molar-refractivity contribution in [1.29, 1.82) is 0 Å². The van der Waals surface area contributed by atoms with E-state index in [4.69, 9.17) is 0 Å². The van der Waals surface area contributed by atoms with E-state index in [9.17, 15) is 10.2 Å². The van der Waals surface area contributed by atoms with Gasteiger partial charge in [-0.3, -0.25) is 0 Å². The van der Waals surface area contributed by atoms with Gasteiger partial charge in [0.05, 0.1) is 0 Å². The van der Waals surface area contributed by atoms with E-state index >= 15 is 0 Å². The van der Waals surface area contributed by atoms with Crippen LogP contribution in [0, 0.1) is 0 Å². The molecule has 2 heteroatoms. The van der Waals surface area contributed by atoms with Gasteiger partial charge in [-0.2, -0.15) is 0 Å². The SMILES string of the molecule is CC(C)c1cc(C2CCCC(c3cc(C(C)C)c(O)c(C(C)C)c3)C2)cc(C(C)C)c1O. The summed E-state index contributed by atoms with van der Waals surface area (Å²) in [5.41, 5.74) is 7.13. The van der Waals surface area contributed by atoms with Crippen LogP contribution in [0.4, 0.5) is 0 Å². The number of aromatic hydroxyl groups is 2. The highest BCUT2D eigenvalue weighted by Gasteiger charge is 2.28. The minimum atomic E-state index is 0.311. The second kappa shape index (κ2) is 9.89. The molecule has 1 saturated carbocycles. The molecule has 0 saturated heterocycles. The molecular weight excluding hydrogens is 392 g/mol. The van der Waals surface area contributed by atoms with Crippen LogP contribution in [0.1, 0.15) is 150 Å². The van der Waals surface area contributed by atoms with Gasteiger partial charge in [0, 0.05) is 0 Å². The van der Waals surface area contributed by atoms with Crippen molar-refractivity contribution in [1.82, 2.24) is 0 Å². The van der Waals surface area contributed by atoms with Crippen LogP contribution in [0.2, 0.25) is 0 Å². The van der Waals surface area contributed by atoms with E-state index in [1.807, 2.05) is 0 Å². The van der Waals surface area contributed by atoms with Gasteiger partial charge in [-0.05, 0) is 88.2 Å². The Morgan fingerprint density at radius 1 is 0.562 bits per heavy atom. The molecule has 2 nitrogen and oxygen atoms in total. The second-order valence-corrected chi connectivity index (χ2v) is 11.3. The average molecular weight is 437 g/mol. The Hall–Kier alpha value is -1.96. The van der Waals surface area contributed by atoms with E-state index in [0.717, 1.165) is 28.7 Å². The van der Waals surface area contributed by atoms with E-state index in [1.165, 1.54) is 30.4 Å². The number of benzene rings is 2. The third-order valence-electron chi connectivity index (χ3n) is 7.49. The van der Waals surface area contributed by atoms with Crippen molar-refractivity contribution in [3.63, 3.8) is 0 Å². The third-order valence-corrected chi connectivity index (χ3v) is 7.49. The van der Waals surface area contributed by atoms with Crippen molar-refractivity contribution in [2.24, 2.45) is 0 Å². The second-order valence-electron chi connectivity index (χ2n) is 11.3. The van der Waals surface area contributed by atoms with Crippen LogP contribution in [-0.2, 0) is 0 Å². The van der Waals surface area contributed by atoms with E-state index in [2.05, 4.69) is 79.7 Å². The fraction of sp³-hybridized carbons (Fsp3) is 0.600. The molecule has 0 amide bonds. The molecule has 1 fully saturated rings. The molecule has 0 aromatic heterocycles. The molecule has 0 radical (unpaired) electrons. The molecule has 32 heavy (non-hydrogen) atoms. The molecule has 2 atom stereocenters. The van der Waals surface area contributed by atoms with E-state index in [-0.39, 0.29) is 0 Å². The largest absolute Gasteiger partial charge is 0.507 e. The van der Waals surface area contributed by atoms with Crippen LogP contribution in [-0.4, -0.2) is 10.2 Å². The first kappa shape index (κ1) is 24.7. The molecule has 1 aliphatic rings. The molecule has 0 spiro atoms. The van der Waals surface area contributed by atoms with Gasteiger partial charge in [0.1, 0.15) is 11.5 Å². The fourth-order valence-corrected chi connectivity index (χ4v) is 5.44. The maximum atomic E-state index is 10.8. The lowest BCUT2D eigenvalue weighted by atomic mass is 9.73. The van der Waals surface area contributed by atoms with Crippen molar-refractivity contribution in [2.75, 3.05) is 0 Å². The molecular formula is C30H44O2. The Balaban J connectivity index is 1.99. The summed E-state index contributed by atoms with van der Waals surface area (Å²) in [6.45, 7) is 17.4. The lowest BCUT2D eigenvalue weighted by molar-refractivity contribution is 0.390. The van der Waals surface area contributed by atoms with Crippen LogP contribution in [0.15, 0.2) is 24.3 Å². The van der Waals surface area contributed by atoms with Crippen molar-refractivity contribution in [3.05, 3.63) is 57.6 Å². The average Bonchev–Trinajstić information content (AvgIpc) is 2.73. The minimum Gasteiger partial charge on any atom is -0.507 e. The van der Waals surface area contributed by atoms with Crippen LogP contribution in [0.5, 0.6) is 11.5 Å². The molecule has 0 aliphatic heterocycles. The summed E-state index contributed by atoms with van der Waals surface area (Å²) in [6.07, 6.45) is 4.78. The van der Waals surface area contributed by atoms with Gasteiger partial charge in [0.2, 0.25) is 0 Å². The predicted molar refractivity (Wildman–Crippen MR) is 137 cm³/mol. The Kier molecular flexibility index (Phi) is 7.63. The number of phenols is 2. The fourth-order valence-electron chi connectivity index (χ4n) is 5.44. The zero-order valence-electron chi connectivity index (χ0n) is 21.5. The van der Waals surface area contributed by atoms with E-state index in [1.54, 1.807) is 0 Å². The normalized spacial score (nSPS) is 19.5. The van der Waals surface area contributed by atoms with Gasteiger partial charge < -0.3 is 10.2 Å². The van der Waals surface area contributed by atoms with Crippen molar-refractivity contribution < 1.29 is 10.2 Å². The first-order valence-corrected chi connectivity index (χ1v) is 12.7. The molecule has 0 bridgehead atoms. The lowest BCUT2D eigenvalue weighted by Crippen LogP contribution is -2.15. The summed E-state index contributed by atoms with van der Waals surface area (Å²) in [6, 6.07) is 9.09. The Bertz CT molecular complexity index is 802. The molecule has 2 aromatic rings. The minimum absolute atomic E-state index is 0.311. The first-order valence-electron chi connectivity index (χ1n) is 12.7. The van der Waals surface area contributed by atoms with Crippen LogP contribution in [0.3, 0.4) is 0 Å². The number of hydrogen-bond donors (Lipinski definition) is 2. The van der Waals surface area contributed by atoms with E-state index in [0.29, 0.717) is 47.0 Å². The number of rotatable bonds is 6. The molecule has 2 aromatic carbocycles. The molecule has 2 unspecified atom stereocenters. The maximum Gasteiger partial charge on any atom is 0.122 e. The maximum absolute atomic E-state index is 10.8. The number of hydrogen-bond acceptors (Lipinski definition) is 2. The predicted octanol–water partition coefficient (Wildman–Crippen LogP) is 9.03. The molecule has 3 rings (SSSR count). The summed E-state index contributed by atoms with van der Waals surface area (Å²) in [5, 5.41) is 21.7. The van der Waals surface area contributed by atoms with Gasteiger partial charge in [0.25, 0.3) is 0 Å². The van der Waals surface area contributed by atoms with Crippen molar-refractivity contribution >= 4 is 0 Å². The van der Waals surface area contributed by atoms with Crippen LogP contribution >= 0.6 is 0 Å². The number of phenolic OH excluding ortho intramolecular Hbond substituents is 2. The zero-order chi connectivity index (χ0) is 23.7. The van der Waals surface area contributed by atoms with Crippen LogP contribution < -0.4 is 0 Å². The lowest BCUT2D eigenvalue weighted by Gasteiger charge is -2.32. The van der Waals surface area contributed by atoms with Gasteiger partial charge in [-0.25, -0.2) is 0 Å². The van der Waals surface area contributed by atoms with Crippen molar-refractivity contribution in [2.45, 2.75) is 117 Å². The monoisotopic (exact) mass is 436 g/mol. The quantitative estimate of drug-likeness (QED) is 0.474. The van der Waals surface area contributed by atoms with E-state index < -0.39 is 0 Å². The molecule has 2 N–H and O–H groups in total. The summed E-state index contributed by atoms with van der Waals surface area (Å²) in [5.74, 6) is 3.27. The topological polar surface area (TPSA) is 40.5 Å². The molecule has 176 valence electrons. The zero-order valence-corrected chi connectivity index (χ0v) is 21.5. The standard InChI is InChI=1S/C30H44O2/c1-17(2)25-13-23(14-26(18(3)4)29(25)31)21-10-9-11-22(12-21)24-15-27(19(5)6)30(32)28(16-24)20(7)8/h13-22,31-32H,9-12H2,1-8H3. The van der Waals surface area contributed by atoms with Gasteiger partial charge in [-0.1, -0.05) is 86.1 Å². The highest BCUT2D eigenvalue weighted by molar-refractivity contribution is 5.49. The summed E-state index contributed by atoms with van der Waals surface area (Å²) >= 11 is 0. The smallest absolute Gasteiger partial charge is 0.122 e. The highest BCUT2D eigenvalue weighted by Crippen LogP contribution is 2.46. The Labute approximate surface area is 196 Å². The first-order chi connectivity index (χ1) is 15.0.